The molecular weight excluding hydrogens is 262 g/mol. The van der Waals surface area contributed by atoms with E-state index in [-0.39, 0.29) is 5.56 Å². The van der Waals surface area contributed by atoms with E-state index in [0.717, 1.165) is 48.2 Å². The molecule has 2 N–H and O–H groups in total. The number of nitrogens with zero attached hydrogens (tertiary/aromatic N) is 1. The number of unbranched alkanes of at least 4 members (excludes halogenated alkanes) is 2. The fraction of sp³-hybridized carbons (Fsp3) is 0.412. The number of aromatic amines is 1. The maximum atomic E-state index is 12.2. The monoisotopic (exact) mass is 285 g/mol. The summed E-state index contributed by atoms with van der Waals surface area (Å²) in [7, 11) is 0. The number of para-hydroxylation sites is 1. The lowest BCUT2D eigenvalue weighted by Crippen LogP contribution is -2.18. The molecule has 0 spiro atoms. The van der Waals surface area contributed by atoms with Crippen LogP contribution in [0.15, 0.2) is 29.1 Å². The predicted octanol–water partition coefficient (Wildman–Crippen LogP) is 3.86. The molecule has 112 valence electrons. The number of aryl methyl sites for hydroxylation is 2. The van der Waals surface area contributed by atoms with Gasteiger partial charge in [0.1, 0.15) is 0 Å². The van der Waals surface area contributed by atoms with E-state index in [0.29, 0.717) is 5.95 Å². The molecule has 4 nitrogen and oxygen atoms in total. The standard InChI is InChI=1S/C17H23N3O/c1-4-5-6-10-14-13(3)18-17(20-16(14)21)19-15-11-8-7-9-12(15)2/h7-9,11H,4-6,10H2,1-3H3,(H2,18,19,20,21). The van der Waals surface area contributed by atoms with Crippen LogP contribution in [0.25, 0.3) is 0 Å². The zero-order chi connectivity index (χ0) is 15.2. The van der Waals surface area contributed by atoms with Crippen LogP contribution >= 0.6 is 0 Å². The first-order chi connectivity index (χ1) is 10.1. The predicted molar refractivity (Wildman–Crippen MR) is 87.3 cm³/mol. The summed E-state index contributed by atoms with van der Waals surface area (Å²) in [5, 5.41) is 3.18. The van der Waals surface area contributed by atoms with Crippen molar-refractivity contribution in [3.05, 3.63) is 51.4 Å². The van der Waals surface area contributed by atoms with Gasteiger partial charge in [0.25, 0.3) is 5.56 Å². The molecule has 0 amide bonds. The Labute approximate surface area is 125 Å². The number of nitrogens with one attached hydrogen (secondary N) is 2. The lowest BCUT2D eigenvalue weighted by atomic mass is 10.1. The Morgan fingerprint density at radius 1 is 1.19 bits per heavy atom. The zero-order valence-corrected chi connectivity index (χ0v) is 13.0. The van der Waals surface area contributed by atoms with E-state index < -0.39 is 0 Å². The third-order valence-corrected chi connectivity index (χ3v) is 3.65. The van der Waals surface area contributed by atoms with E-state index in [2.05, 4.69) is 22.2 Å². The number of benzene rings is 1. The highest BCUT2D eigenvalue weighted by molar-refractivity contribution is 5.57. The van der Waals surface area contributed by atoms with Crippen LogP contribution in [-0.2, 0) is 6.42 Å². The van der Waals surface area contributed by atoms with Crippen molar-refractivity contribution in [3.63, 3.8) is 0 Å². The Morgan fingerprint density at radius 3 is 2.62 bits per heavy atom. The molecule has 0 aliphatic carbocycles. The van der Waals surface area contributed by atoms with E-state index in [4.69, 9.17) is 0 Å². The van der Waals surface area contributed by atoms with Crippen LogP contribution < -0.4 is 10.9 Å². The number of hydrogen-bond donors (Lipinski definition) is 2. The summed E-state index contributed by atoms with van der Waals surface area (Å²) in [6.07, 6.45) is 4.12. The van der Waals surface area contributed by atoms with Gasteiger partial charge in [-0.25, -0.2) is 4.98 Å². The average molecular weight is 285 g/mol. The quantitative estimate of drug-likeness (QED) is 0.792. The maximum absolute atomic E-state index is 12.2. The highest BCUT2D eigenvalue weighted by atomic mass is 16.1. The summed E-state index contributed by atoms with van der Waals surface area (Å²) in [5.74, 6) is 0.506. The topological polar surface area (TPSA) is 57.8 Å². The first kappa shape index (κ1) is 15.3. The van der Waals surface area contributed by atoms with Gasteiger partial charge in [-0.1, -0.05) is 38.0 Å². The molecule has 0 unspecified atom stereocenters. The van der Waals surface area contributed by atoms with Crippen molar-refractivity contribution < 1.29 is 0 Å². The van der Waals surface area contributed by atoms with Gasteiger partial charge in [-0.05, 0) is 38.3 Å². The normalized spacial score (nSPS) is 10.6. The lowest BCUT2D eigenvalue weighted by Gasteiger charge is -2.10. The van der Waals surface area contributed by atoms with Gasteiger partial charge in [0.2, 0.25) is 5.95 Å². The van der Waals surface area contributed by atoms with Crippen LogP contribution in [0.2, 0.25) is 0 Å². The molecule has 0 saturated heterocycles. The summed E-state index contributed by atoms with van der Waals surface area (Å²) in [4.78, 5) is 19.5. The molecule has 1 heterocycles. The van der Waals surface area contributed by atoms with Gasteiger partial charge < -0.3 is 5.32 Å². The second-order valence-corrected chi connectivity index (χ2v) is 5.38. The average Bonchev–Trinajstić information content (AvgIpc) is 2.44. The van der Waals surface area contributed by atoms with Gasteiger partial charge in [0.15, 0.2) is 0 Å². The first-order valence-corrected chi connectivity index (χ1v) is 7.54. The minimum Gasteiger partial charge on any atom is -0.325 e. The van der Waals surface area contributed by atoms with Gasteiger partial charge >= 0.3 is 0 Å². The fourth-order valence-corrected chi connectivity index (χ4v) is 2.36. The number of rotatable bonds is 6. The largest absolute Gasteiger partial charge is 0.325 e. The fourth-order valence-electron chi connectivity index (χ4n) is 2.36. The van der Waals surface area contributed by atoms with E-state index in [1.54, 1.807) is 0 Å². The SMILES string of the molecule is CCCCCc1c(C)nc(Nc2ccccc2C)[nH]c1=O. The Morgan fingerprint density at radius 2 is 1.95 bits per heavy atom. The summed E-state index contributed by atoms with van der Waals surface area (Å²) in [5.41, 5.74) is 3.66. The molecule has 0 aliphatic rings. The molecule has 2 rings (SSSR count). The smallest absolute Gasteiger partial charge is 0.255 e. The van der Waals surface area contributed by atoms with Crippen LogP contribution in [0.5, 0.6) is 0 Å². The molecule has 1 aromatic heterocycles. The third-order valence-electron chi connectivity index (χ3n) is 3.65. The minimum atomic E-state index is -0.0327. The van der Waals surface area contributed by atoms with Crippen molar-refractivity contribution in [2.45, 2.75) is 46.5 Å². The van der Waals surface area contributed by atoms with Gasteiger partial charge in [0, 0.05) is 16.9 Å². The van der Waals surface area contributed by atoms with Crippen molar-refractivity contribution in [3.8, 4) is 0 Å². The van der Waals surface area contributed by atoms with Crippen molar-refractivity contribution in [1.29, 1.82) is 0 Å². The molecule has 4 heteroatoms. The van der Waals surface area contributed by atoms with E-state index in [9.17, 15) is 4.79 Å². The molecule has 0 fully saturated rings. The summed E-state index contributed by atoms with van der Waals surface area (Å²) < 4.78 is 0. The van der Waals surface area contributed by atoms with E-state index in [1.165, 1.54) is 0 Å². The zero-order valence-electron chi connectivity index (χ0n) is 13.0. The van der Waals surface area contributed by atoms with Crippen LogP contribution in [0.3, 0.4) is 0 Å². The first-order valence-electron chi connectivity index (χ1n) is 7.54. The van der Waals surface area contributed by atoms with E-state index >= 15 is 0 Å². The number of aromatic nitrogens is 2. The number of hydrogen-bond acceptors (Lipinski definition) is 3. The second kappa shape index (κ2) is 7.07. The lowest BCUT2D eigenvalue weighted by molar-refractivity contribution is 0.707. The Kier molecular flexibility index (Phi) is 5.14. The molecule has 0 radical (unpaired) electrons. The Balaban J connectivity index is 2.20. The molecule has 21 heavy (non-hydrogen) atoms. The minimum absolute atomic E-state index is 0.0327. The van der Waals surface area contributed by atoms with Crippen molar-refractivity contribution >= 4 is 11.6 Å². The van der Waals surface area contributed by atoms with Crippen LogP contribution in [0.4, 0.5) is 11.6 Å². The van der Waals surface area contributed by atoms with Crippen LogP contribution in [-0.4, -0.2) is 9.97 Å². The van der Waals surface area contributed by atoms with Gasteiger partial charge in [0.05, 0.1) is 0 Å². The summed E-state index contributed by atoms with van der Waals surface area (Å²) in [6.45, 7) is 6.08. The van der Waals surface area contributed by atoms with Gasteiger partial charge in [-0.2, -0.15) is 0 Å². The molecular formula is C17H23N3O. The van der Waals surface area contributed by atoms with Crippen LogP contribution in [0.1, 0.15) is 43.0 Å². The van der Waals surface area contributed by atoms with E-state index in [1.807, 2.05) is 38.1 Å². The molecule has 0 atom stereocenters. The molecule has 0 bridgehead atoms. The van der Waals surface area contributed by atoms with Gasteiger partial charge in [-0.3, -0.25) is 9.78 Å². The third kappa shape index (κ3) is 3.94. The van der Waals surface area contributed by atoms with Crippen molar-refractivity contribution in [1.82, 2.24) is 9.97 Å². The highest BCUT2D eigenvalue weighted by Gasteiger charge is 2.08. The molecule has 2 aromatic rings. The summed E-state index contributed by atoms with van der Waals surface area (Å²) >= 11 is 0. The van der Waals surface area contributed by atoms with Crippen LogP contribution in [0, 0.1) is 13.8 Å². The highest BCUT2D eigenvalue weighted by Crippen LogP contribution is 2.17. The maximum Gasteiger partial charge on any atom is 0.255 e. The summed E-state index contributed by atoms with van der Waals surface area (Å²) in [6, 6.07) is 7.93. The van der Waals surface area contributed by atoms with Crippen molar-refractivity contribution in [2.24, 2.45) is 0 Å². The van der Waals surface area contributed by atoms with Crippen molar-refractivity contribution in [2.75, 3.05) is 5.32 Å². The molecule has 1 aromatic carbocycles. The Bertz CT molecular complexity index is 661. The molecule has 0 aliphatic heterocycles. The Hall–Kier alpha value is -2.10. The number of H-pyrrole nitrogens is 1. The van der Waals surface area contributed by atoms with Gasteiger partial charge in [-0.15, -0.1) is 0 Å². The number of anilines is 2. The second-order valence-electron chi connectivity index (χ2n) is 5.38. The molecule has 0 saturated carbocycles.